The highest BCUT2D eigenvalue weighted by Crippen LogP contribution is 2.25. The minimum atomic E-state index is -0.333. The molecule has 0 aliphatic rings. The third-order valence-corrected chi connectivity index (χ3v) is 4.49. The van der Waals surface area contributed by atoms with E-state index in [0.29, 0.717) is 32.9 Å². The Balaban J connectivity index is 1.76. The fraction of sp³-hybridized carbons (Fsp3) is 0.111. The Morgan fingerprint density at radius 1 is 1.15 bits per heavy atom. The van der Waals surface area contributed by atoms with Gasteiger partial charge in [-0.25, -0.2) is 0 Å². The van der Waals surface area contributed by atoms with E-state index in [1.807, 2.05) is 6.07 Å². The SMILES string of the molecule is COc1cccc(C(=O)Nc2nn(Cc3ccc(Cl)cc3Cl)cc2Cl)c1. The molecular formula is C18H14Cl3N3O2. The number of carbonyl (C=O) groups is 1. The van der Waals surface area contributed by atoms with Crippen LogP contribution in [-0.4, -0.2) is 22.8 Å². The Bertz CT molecular complexity index is 957. The minimum absolute atomic E-state index is 0.268. The van der Waals surface area contributed by atoms with E-state index in [1.54, 1.807) is 47.3 Å². The number of aromatic nitrogens is 2. The van der Waals surface area contributed by atoms with Gasteiger partial charge in [-0.2, -0.15) is 5.10 Å². The first-order chi connectivity index (χ1) is 12.5. The standard InChI is InChI=1S/C18H14Cl3N3O2/c1-26-14-4-2-3-11(7-14)18(25)22-17-16(21)10-24(23-17)9-12-5-6-13(19)8-15(12)20/h2-8,10H,9H2,1H3,(H,22,23,25). The fourth-order valence-corrected chi connectivity index (χ4v) is 3.00. The predicted molar refractivity (Wildman–Crippen MR) is 104 cm³/mol. The largest absolute Gasteiger partial charge is 0.497 e. The predicted octanol–water partition coefficient (Wildman–Crippen LogP) is 5.15. The molecule has 1 aromatic heterocycles. The zero-order valence-electron chi connectivity index (χ0n) is 13.7. The Morgan fingerprint density at radius 3 is 2.69 bits per heavy atom. The molecule has 0 radical (unpaired) electrons. The van der Waals surface area contributed by atoms with Crippen LogP contribution in [0.2, 0.25) is 15.1 Å². The molecule has 0 aliphatic carbocycles. The number of benzene rings is 2. The summed E-state index contributed by atoms with van der Waals surface area (Å²) in [6.45, 7) is 0.394. The number of carbonyl (C=O) groups excluding carboxylic acids is 1. The zero-order chi connectivity index (χ0) is 18.7. The molecule has 26 heavy (non-hydrogen) atoms. The van der Waals surface area contributed by atoms with E-state index in [4.69, 9.17) is 39.5 Å². The molecule has 0 unspecified atom stereocenters. The quantitative estimate of drug-likeness (QED) is 0.632. The lowest BCUT2D eigenvalue weighted by Crippen LogP contribution is -2.13. The van der Waals surface area contributed by atoms with Crippen LogP contribution in [-0.2, 0) is 6.54 Å². The first kappa shape index (κ1) is 18.6. The van der Waals surface area contributed by atoms with Gasteiger partial charge in [0.2, 0.25) is 0 Å². The number of hydrogen-bond donors (Lipinski definition) is 1. The number of methoxy groups -OCH3 is 1. The van der Waals surface area contributed by atoms with Gasteiger partial charge >= 0.3 is 0 Å². The highest BCUT2D eigenvalue weighted by Gasteiger charge is 2.14. The van der Waals surface area contributed by atoms with Crippen molar-refractivity contribution in [2.45, 2.75) is 6.54 Å². The Morgan fingerprint density at radius 2 is 1.96 bits per heavy atom. The van der Waals surface area contributed by atoms with Gasteiger partial charge < -0.3 is 10.1 Å². The summed E-state index contributed by atoms with van der Waals surface area (Å²) in [5.74, 6) is 0.525. The molecule has 0 spiro atoms. The van der Waals surface area contributed by atoms with Crippen molar-refractivity contribution in [1.29, 1.82) is 0 Å². The smallest absolute Gasteiger partial charge is 0.257 e. The van der Waals surface area contributed by atoms with Crippen LogP contribution in [0.25, 0.3) is 0 Å². The highest BCUT2D eigenvalue weighted by atomic mass is 35.5. The summed E-state index contributed by atoms with van der Waals surface area (Å²) in [5, 5.41) is 8.42. The molecule has 0 atom stereocenters. The summed E-state index contributed by atoms with van der Waals surface area (Å²) in [6.07, 6.45) is 1.62. The number of halogens is 3. The average Bonchev–Trinajstić information content (AvgIpc) is 2.96. The summed E-state index contributed by atoms with van der Waals surface area (Å²) in [6, 6.07) is 12.0. The van der Waals surface area contributed by atoms with Crippen molar-refractivity contribution in [3.05, 3.63) is 74.9 Å². The minimum Gasteiger partial charge on any atom is -0.497 e. The molecule has 5 nitrogen and oxygen atoms in total. The third kappa shape index (κ3) is 4.30. The summed E-state index contributed by atoms with van der Waals surface area (Å²) >= 11 is 18.3. The molecule has 1 amide bonds. The highest BCUT2D eigenvalue weighted by molar-refractivity contribution is 6.35. The Kier molecular flexibility index (Phi) is 5.71. The molecule has 1 heterocycles. The molecule has 2 aromatic carbocycles. The normalized spacial score (nSPS) is 10.6. The van der Waals surface area contributed by atoms with E-state index in [2.05, 4.69) is 10.4 Å². The van der Waals surface area contributed by atoms with Crippen molar-refractivity contribution in [3.8, 4) is 5.75 Å². The molecule has 0 saturated heterocycles. The first-order valence-corrected chi connectivity index (χ1v) is 8.72. The number of nitrogens with zero attached hydrogens (tertiary/aromatic N) is 2. The number of amides is 1. The van der Waals surface area contributed by atoms with E-state index in [9.17, 15) is 4.79 Å². The molecule has 0 saturated carbocycles. The van der Waals surface area contributed by atoms with Crippen LogP contribution < -0.4 is 10.1 Å². The molecular weight excluding hydrogens is 397 g/mol. The van der Waals surface area contributed by atoms with Gasteiger partial charge in [0.1, 0.15) is 10.8 Å². The molecule has 0 aliphatic heterocycles. The van der Waals surface area contributed by atoms with Crippen LogP contribution in [0.1, 0.15) is 15.9 Å². The molecule has 0 bridgehead atoms. The van der Waals surface area contributed by atoms with E-state index in [-0.39, 0.29) is 11.7 Å². The van der Waals surface area contributed by atoms with Crippen molar-refractivity contribution in [1.82, 2.24) is 9.78 Å². The second-order valence-electron chi connectivity index (χ2n) is 5.45. The van der Waals surface area contributed by atoms with Crippen LogP contribution in [0.15, 0.2) is 48.7 Å². The number of ether oxygens (including phenoxy) is 1. The van der Waals surface area contributed by atoms with Crippen molar-refractivity contribution in [3.63, 3.8) is 0 Å². The maximum Gasteiger partial charge on any atom is 0.257 e. The fourth-order valence-electron chi connectivity index (χ4n) is 2.33. The summed E-state index contributed by atoms with van der Waals surface area (Å²) in [5.41, 5.74) is 1.27. The van der Waals surface area contributed by atoms with Crippen LogP contribution in [0.4, 0.5) is 5.82 Å². The summed E-state index contributed by atoms with van der Waals surface area (Å²) in [4.78, 5) is 12.4. The van der Waals surface area contributed by atoms with Gasteiger partial charge in [0.05, 0.1) is 13.7 Å². The number of hydrogen-bond acceptors (Lipinski definition) is 3. The lowest BCUT2D eigenvalue weighted by atomic mass is 10.2. The lowest BCUT2D eigenvalue weighted by molar-refractivity contribution is 0.102. The van der Waals surface area contributed by atoms with E-state index in [1.165, 1.54) is 7.11 Å². The van der Waals surface area contributed by atoms with Crippen LogP contribution >= 0.6 is 34.8 Å². The van der Waals surface area contributed by atoms with Gasteiger partial charge in [-0.3, -0.25) is 9.48 Å². The van der Waals surface area contributed by atoms with Gasteiger partial charge in [-0.1, -0.05) is 46.9 Å². The molecule has 0 fully saturated rings. The number of anilines is 1. The Labute approximate surface area is 165 Å². The van der Waals surface area contributed by atoms with E-state index < -0.39 is 0 Å². The van der Waals surface area contributed by atoms with Gasteiger partial charge in [0.25, 0.3) is 5.91 Å². The molecule has 134 valence electrons. The first-order valence-electron chi connectivity index (χ1n) is 7.58. The topological polar surface area (TPSA) is 56.1 Å². The number of rotatable bonds is 5. The average molecular weight is 411 g/mol. The van der Waals surface area contributed by atoms with E-state index >= 15 is 0 Å². The van der Waals surface area contributed by atoms with Crippen LogP contribution in [0.3, 0.4) is 0 Å². The summed E-state index contributed by atoms with van der Waals surface area (Å²) in [7, 11) is 1.54. The second kappa shape index (κ2) is 7.99. The van der Waals surface area contributed by atoms with E-state index in [0.717, 1.165) is 5.56 Å². The summed E-state index contributed by atoms with van der Waals surface area (Å²) < 4.78 is 6.72. The molecule has 1 N–H and O–H groups in total. The van der Waals surface area contributed by atoms with Gasteiger partial charge in [-0.05, 0) is 35.9 Å². The zero-order valence-corrected chi connectivity index (χ0v) is 15.9. The number of nitrogens with one attached hydrogen (secondary N) is 1. The van der Waals surface area contributed by atoms with Crippen LogP contribution in [0, 0.1) is 0 Å². The Hall–Kier alpha value is -2.21. The van der Waals surface area contributed by atoms with Crippen molar-refractivity contribution < 1.29 is 9.53 Å². The third-order valence-electron chi connectivity index (χ3n) is 3.63. The van der Waals surface area contributed by atoms with Gasteiger partial charge in [-0.15, -0.1) is 0 Å². The molecule has 3 rings (SSSR count). The van der Waals surface area contributed by atoms with Gasteiger partial charge in [0.15, 0.2) is 5.82 Å². The maximum absolute atomic E-state index is 12.4. The lowest BCUT2D eigenvalue weighted by Gasteiger charge is -2.06. The van der Waals surface area contributed by atoms with Crippen molar-refractivity contribution >= 4 is 46.5 Å². The monoisotopic (exact) mass is 409 g/mol. The van der Waals surface area contributed by atoms with Gasteiger partial charge in [0, 0.05) is 21.8 Å². The van der Waals surface area contributed by atoms with Crippen molar-refractivity contribution in [2.24, 2.45) is 0 Å². The molecule has 3 aromatic rings. The second-order valence-corrected chi connectivity index (χ2v) is 6.70. The van der Waals surface area contributed by atoms with Crippen LogP contribution in [0.5, 0.6) is 5.75 Å². The maximum atomic E-state index is 12.4. The molecule has 8 heteroatoms. The van der Waals surface area contributed by atoms with Crippen molar-refractivity contribution in [2.75, 3.05) is 12.4 Å².